The molecular weight excluding hydrogens is 228 g/mol. The van der Waals surface area contributed by atoms with Gasteiger partial charge in [0.15, 0.2) is 0 Å². The van der Waals surface area contributed by atoms with Crippen molar-refractivity contribution in [3.63, 3.8) is 0 Å². The van der Waals surface area contributed by atoms with Gasteiger partial charge in [0.05, 0.1) is 0 Å². The molecule has 1 saturated carbocycles. The molecule has 16 heavy (non-hydrogen) atoms. The predicted molar refractivity (Wildman–Crippen MR) is 64.5 cm³/mol. The topological polar surface area (TPSA) is 64.3 Å². The standard InChI is InChI=1S/C11H20N2O2.ClH/c12-10(8-1-2-8)7-13-11(14)9-3-5-15-6-4-9;/h8-10H,1-7,12H2,(H,13,14);1H. The van der Waals surface area contributed by atoms with Crippen molar-refractivity contribution in [3.8, 4) is 0 Å². The molecule has 94 valence electrons. The Hall–Kier alpha value is -0.320. The fraction of sp³-hybridized carbons (Fsp3) is 0.909. The molecule has 5 heteroatoms. The van der Waals surface area contributed by atoms with Gasteiger partial charge in [0, 0.05) is 31.7 Å². The number of carbonyl (C=O) groups is 1. The van der Waals surface area contributed by atoms with Crippen LogP contribution in [0.5, 0.6) is 0 Å². The highest BCUT2D eigenvalue weighted by Gasteiger charge is 2.29. The zero-order valence-electron chi connectivity index (χ0n) is 9.48. The average Bonchev–Trinajstić information content (AvgIpc) is 3.10. The van der Waals surface area contributed by atoms with E-state index in [2.05, 4.69) is 5.32 Å². The third kappa shape index (κ3) is 3.92. The molecule has 0 radical (unpaired) electrons. The molecule has 0 aromatic heterocycles. The second-order valence-corrected chi connectivity index (χ2v) is 4.63. The third-order valence-electron chi connectivity index (χ3n) is 3.33. The summed E-state index contributed by atoms with van der Waals surface area (Å²) in [6.45, 7) is 2.07. The molecule has 1 saturated heterocycles. The van der Waals surface area contributed by atoms with E-state index in [9.17, 15) is 4.79 Å². The summed E-state index contributed by atoms with van der Waals surface area (Å²) in [7, 11) is 0. The number of hydrogen-bond donors (Lipinski definition) is 2. The van der Waals surface area contributed by atoms with Gasteiger partial charge in [-0.25, -0.2) is 0 Å². The van der Waals surface area contributed by atoms with Crippen molar-refractivity contribution < 1.29 is 9.53 Å². The first-order valence-corrected chi connectivity index (χ1v) is 5.88. The summed E-state index contributed by atoms with van der Waals surface area (Å²) in [5.74, 6) is 0.958. The van der Waals surface area contributed by atoms with Gasteiger partial charge in [-0.15, -0.1) is 12.4 Å². The summed E-state index contributed by atoms with van der Waals surface area (Å²) < 4.78 is 5.22. The molecule has 0 bridgehead atoms. The molecule has 1 aliphatic carbocycles. The molecule has 0 aromatic rings. The van der Waals surface area contributed by atoms with Gasteiger partial charge >= 0.3 is 0 Å². The minimum absolute atomic E-state index is 0. The number of amides is 1. The zero-order chi connectivity index (χ0) is 10.7. The first kappa shape index (κ1) is 13.7. The Morgan fingerprint density at radius 2 is 1.94 bits per heavy atom. The fourth-order valence-electron chi connectivity index (χ4n) is 2.01. The Balaban J connectivity index is 0.00000128. The summed E-state index contributed by atoms with van der Waals surface area (Å²) >= 11 is 0. The predicted octanol–water partition coefficient (Wildman–Crippen LogP) is 0.688. The molecule has 1 amide bonds. The normalized spacial score (nSPS) is 23.3. The molecular formula is C11H21ClN2O2. The third-order valence-corrected chi connectivity index (χ3v) is 3.33. The summed E-state index contributed by atoms with van der Waals surface area (Å²) in [6.07, 6.45) is 4.16. The van der Waals surface area contributed by atoms with Crippen LogP contribution >= 0.6 is 12.4 Å². The summed E-state index contributed by atoms with van der Waals surface area (Å²) in [6, 6.07) is 0.161. The first-order valence-electron chi connectivity index (χ1n) is 5.88. The van der Waals surface area contributed by atoms with Crippen LogP contribution in [0.15, 0.2) is 0 Å². The lowest BCUT2D eigenvalue weighted by molar-refractivity contribution is -0.127. The lowest BCUT2D eigenvalue weighted by Crippen LogP contribution is -2.42. The van der Waals surface area contributed by atoms with Gasteiger partial charge in [0.2, 0.25) is 5.91 Å². The van der Waals surface area contributed by atoms with Crippen LogP contribution in [-0.2, 0) is 9.53 Å². The van der Waals surface area contributed by atoms with Gasteiger partial charge in [0.25, 0.3) is 0 Å². The van der Waals surface area contributed by atoms with Crippen LogP contribution in [-0.4, -0.2) is 31.7 Å². The van der Waals surface area contributed by atoms with Gasteiger partial charge in [-0.3, -0.25) is 4.79 Å². The molecule has 0 spiro atoms. The van der Waals surface area contributed by atoms with Gasteiger partial charge in [-0.05, 0) is 31.6 Å². The molecule has 1 unspecified atom stereocenters. The molecule has 2 aliphatic rings. The van der Waals surface area contributed by atoms with Crippen molar-refractivity contribution in [3.05, 3.63) is 0 Å². The van der Waals surface area contributed by atoms with Crippen molar-refractivity contribution in [1.29, 1.82) is 0 Å². The molecule has 1 heterocycles. The van der Waals surface area contributed by atoms with Crippen molar-refractivity contribution in [2.45, 2.75) is 31.7 Å². The smallest absolute Gasteiger partial charge is 0.223 e. The molecule has 1 atom stereocenters. The second-order valence-electron chi connectivity index (χ2n) is 4.63. The minimum atomic E-state index is 0. The highest BCUT2D eigenvalue weighted by molar-refractivity contribution is 5.85. The quantitative estimate of drug-likeness (QED) is 0.770. The van der Waals surface area contributed by atoms with Crippen LogP contribution in [0.3, 0.4) is 0 Å². The number of nitrogens with two attached hydrogens (primary N) is 1. The Labute approximate surface area is 103 Å². The van der Waals surface area contributed by atoms with Crippen molar-refractivity contribution in [1.82, 2.24) is 5.32 Å². The van der Waals surface area contributed by atoms with Crippen molar-refractivity contribution >= 4 is 18.3 Å². The molecule has 3 N–H and O–H groups in total. The van der Waals surface area contributed by atoms with E-state index >= 15 is 0 Å². The van der Waals surface area contributed by atoms with E-state index in [0.717, 1.165) is 12.8 Å². The average molecular weight is 249 g/mol. The number of hydrogen-bond acceptors (Lipinski definition) is 3. The number of rotatable bonds is 4. The van der Waals surface area contributed by atoms with Crippen LogP contribution in [0, 0.1) is 11.8 Å². The number of halogens is 1. The largest absolute Gasteiger partial charge is 0.381 e. The molecule has 4 nitrogen and oxygen atoms in total. The minimum Gasteiger partial charge on any atom is -0.381 e. The zero-order valence-corrected chi connectivity index (χ0v) is 10.3. The van der Waals surface area contributed by atoms with E-state index < -0.39 is 0 Å². The lowest BCUT2D eigenvalue weighted by atomic mass is 9.99. The molecule has 2 rings (SSSR count). The second kappa shape index (κ2) is 6.42. The maximum absolute atomic E-state index is 11.7. The summed E-state index contributed by atoms with van der Waals surface area (Å²) in [4.78, 5) is 11.7. The van der Waals surface area contributed by atoms with E-state index in [-0.39, 0.29) is 30.3 Å². The van der Waals surface area contributed by atoms with Crippen molar-refractivity contribution in [2.24, 2.45) is 17.6 Å². The fourth-order valence-corrected chi connectivity index (χ4v) is 2.01. The van der Waals surface area contributed by atoms with Crippen LogP contribution in [0.4, 0.5) is 0 Å². The van der Waals surface area contributed by atoms with Crippen LogP contribution in [0.2, 0.25) is 0 Å². The maximum Gasteiger partial charge on any atom is 0.223 e. The number of ether oxygens (including phenoxy) is 1. The van der Waals surface area contributed by atoms with Gasteiger partial charge < -0.3 is 15.8 Å². The number of nitrogens with one attached hydrogen (secondary N) is 1. The lowest BCUT2D eigenvalue weighted by Gasteiger charge is -2.22. The van der Waals surface area contributed by atoms with Crippen molar-refractivity contribution in [2.75, 3.05) is 19.8 Å². The maximum atomic E-state index is 11.7. The molecule has 2 fully saturated rings. The highest BCUT2D eigenvalue weighted by Crippen LogP contribution is 2.31. The van der Waals surface area contributed by atoms with Crippen LogP contribution < -0.4 is 11.1 Å². The van der Waals surface area contributed by atoms with E-state index in [1.54, 1.807) is 0 Å². The highest BCUT2D eigenvalue weighted by atomic mass is 35.5. The van der Waals surface area contributed by atoms with Gasteiger partial charge in [-0.1, -0.05) is 0 Å². The van der Waals surface area contributed by atoms with Crippen LogP contribution in [0.1, 0.15) is 25.7 Å². The monoisotopic (exact) mass is 248 g/mol. The Bertz CT molecular complexity index is 228. The first-order chi connectivity index (χ1) is 7.27. The Morgan fingerprint density at radius 3 is 2.50 bits per heavy atom. The number of carbonyl (C=O) groups excluding carboxylic acids is 1. The van der Waals surface area contributed by atoms with Gasteiger partial charge in [0.1, 0.15) is 0 Å². The van der Waals surface area contributed by atoms with E-state index in [0.29, 0.717) is 25.7 Å². The molecule has 0 aromatic carbocycles. The van der Waals surface area contributed by atoms with Gasteiger partial charge in [-0.2, -0.15) is 0 Å². The summed E-state index contributed by atoms with van der Waals surface area (Å²) in [5, 5.41) is 2.95. The van der Waals surface area contributed by atoms with E-state index in [4.69, 9.17) is 10.5 Å². The van der Waals surface area contributed by atoms with E-state index in [1.165, 1.54) is 12.8 Å². The van der Waals surface area contributed by atoms with Crippen LogP contribution in [0.25, 0.3) is 0 Å². The SMILES string of the molecule is Cl.NC(CNC(=O)C1CCOCC1)C1CC1. The van der Waals surface area contributed by atoms with E-state index in [1.807, 2.05) is 0 Å². The Morgan fingerprint density at radius 1 is 1.31 bits per heavy atom. The Kier molecular flexibility index (Phi) is 5.52. The molecule has 1 aliphatic heterocycles. The summed E-state index contributed by atoms with van der Waals surface area (Å²) in [5.41, 5.74) is 5.92.